The molecule has 0 aromatic rings. The Labute approximate surface area is 151 Å². The van der Waals surface area contributed by atoms with Gasteiger partial charge >= 0.3 is 5.97 Å². The second-order valence-electron chi connectivity index (χ2n) is 7.54. The lowest BCUT2D eigenvalue weighted by Crippen LogP contribution is -2.21. The highest BCUT2D eigenvalue weighted by molar-refractivity contribution is 5.83. The Morgan fingerprint density at radius 3 is 2.64 bits per heavy atom. The van der Waals surface area contributed by atoms with Crippen molar-refractivity contribution >= 4 is 11.8 Å². The number of carbonyl (C=O) groups excluding carboxylic acids is 1. The van der Waals surface area contributed by atoms with Crippen molar-refractivity contribution in [1.82, 2.24) is 0 Å². The minimum Gasteiger partial charge on any atom is -0.481 e. The molecule has 25 heavy (non-hydrogen) atoms. The topological polar surface area (TPSA) is 74.6 Å². The number of allylic oxidation sites excluding steroid dienone is 3. The summed E-state index contributed by atoms with van der Waals surface area (Å²) in [4.78, 5) is 22.6. The zero-order valence-electron chi connectivity index (χ0n) is 15.1. The molecular formula is C21H32O4. The Hall–Kier alpha value is -1.42. The normalized spacial score (nSPS) is 26.7. The number of ketones is 1. The van der Waals surface area contributed by atoms with Crippen molar-refractivity contribution in [3.05, 3.63) is 24.3 Å². The number of aliphatic carboxylic acids is 1. The monoisotopic (exact) mass is 348 g/mol. The summed E-state index contributed by atoms with van der Waals surface area (Å²) in [5.41, 5.74) is 0. The minimum absolute atomic E-state index is 0.0190. The second kappa shape index (κ2) is 10.5. The molecule has 0 aromatic carbocycles. The van der Waals surface area contributed by atoms with Gasteiger partial charge in [-0.15, -0.1) is 0 Å². The first-order valence-electron chi connectivity index (χ1n) is 9.84. The fourth-order valence-electron chi connectivity index (χ4n) is 4.09. The molecule has 2 N–H and O–H groups in total. The predicted octanol–water partition coefficient (Wildman–Crippen LogP) is 4.28. The summed E-state index contributed by atoms with van der Waals surface area (Å²) in [6.07, 6.45) is 17.4. The van der Waals surface area contributed by atoms with Gasteiger partial charge in [-0.2, -0.15) is 0 Å². The van der Waals surface area contributed by atoms with Gasteiger partial charge in [-0.3, -0.25) is 9.59 Å². The molecule has 2 fully saturated rings. The van der Waals surface area contributed by atoms with Crippen molar-refractivity contribution in [3.63, 3.8) is 0 Å². The first-order chi connectivity index (χ1) is 12.1. The molecule has 140 valence electrons. The molecule has 4 heteroatoms. The van der Waals surface area contributed by atoms with Crippen LogP contribution in [0.4, 0.5) is 0 Å². The molecule has 0 aliphatic heterocycles. The Kier molecular flexibility index (Phi) is 8.39. The number of carbonyl (C=O) groups is 2. The first-order valence-corrected chi connectivity index (χ1v) is 9.84. The van der Waals surface area contributed by atoms with Crippen LogP contribution in [0.2, 0.25) is 0 Å². The molecule has 3 unspecified atom stereocenters. The molecular weight excluding hydrogens is 316 g/mol. The van der Waals surface area contributed by atoms with Crippen molar-refractivity contribution in [2.24, 2.45) is 17.8 Å². The van der Waals surface area contributed by atoms with E-state index in [1.54, 1.807) is 0 Å². The summed E-state index contributed by atoms with van der Waals surface area (Å²) in [7, 11) is 0. The van der Waals surface area contributed by atoms with Crippen LogP contribution < -0.4 is 0 Å². The van der Waals surface area contributed by atoms with E-state index in [9.17, 15) is 14.7 Å². The average molecular weight is 348 g/mol. The SMILES string of the molecule is O=C(O)CCCC=CCC1C(=O)CCC1C=CC(O)C1CCCCC1. The van der Waals surface area contributed by atoms with Gasteiger partial charge in [-0.1, -0.05) is 43.6 Å². The highest BCUT2D eigenvalue weighted by Gasteiger charge is 2.32. The van der Waals surface area contributed by atoms with Crippen LogP contribution in [-0.2, 0) is 9.59 Å². The predicted molar refractivity (Wildman–Crippen MR) is 98.2 cm³/mol. The molecule has 2 rings (SSSR count). The Bertz CT molecular complexity index is 488. The molecule has 2 aliphatic carbocycles. The fraction of sp³-hybridized carbons (Fsp3) is 0.714. The third kappa shape index (κ3) is 6.77. The maximum atomic E-state index is 12.1. The summed E-state index contributed by atoms with van der Waals surface area (Å²) in [5.74, 6) is 0.188. The Morgan fingerprint density at radius 2 is 1.92 bits per heavy atom. The summed E-state index contributed by atoms with van der Waals surface area (Å²) < 4.78 is 0. The van der Waals surface area contributed by atoms with E-state index >= 15 is 0 Å². The molecule has 2 aliphatic rings. The van der Waals surface area contributed by atoms with Gasteiger partial charge in [0.1, 0.15) is 5.78 Å². The van der Waals surface area contributed by atoms with Crippen LogP contribution in [-0.4, -0.2) is 28.1 Å². The molecule has 0 radical (unpaired) electrons. The number of hydrogen-bond acceptors (Lipinski definition) is 3. The molecule has 0 amide bonds. The van der Waals surface area contributed by atoms with Gasteiger partial charge in [0, 0.05) is 18.8 Å². The lowest BCUT2D eigenvalue weighted by Gasteiger charge is -2.25. The summed E-state index contributed by atoms with van der Waals surface area (Å²) in [6.45, 7) is 0. The van der Waals surface area contributed by atoms with Crippen LogP contribution in [0.5, 0.6) is 0 Å². The lowest BCUT2D eigenvalue weighted by atomic mass is 9.84. The van der Waals surface area contributed by atoms with Gasteiger partial charge in [0.25, 0.3) is 0 Å². The maximum absolute atomic E-state index is 12.1. The minimum atomic E-state index is -0.763. The van der Waals surface area contributed by atoms with E-state index in [1.807, 2.05) is 18.2 Å². The van der Waals surface area contributed by atoms with Gasteiger partial charge < -0.3 is 10.2 Å². The molecule has 0 spiro atoms. The van der Waals surface area contributed by atoms with Crippen molar-refractivity contribution in [2.45, 2.75) is 76.7 Å². The fourth-order valence-corrected chi connectivity index (χ4v) is 4.09. The smallest absolute Gasteiger partial charge is 0.303 e. The molecule has 0 aromatic heterocycles. The number of carboxylic acids is 1. The largest absolute Gasteiger partial charge is 0.481 e. The van der Waals surface area contributed by atoms with E-state index in [0.717, 1.165) is 32.1 Å². The average Bonchev–Trinajstić information content (AvgIpc) is 2.96. The number of carboxylic acid groups (broad SMARTS) is 1. The quantitative estimate of drug-likeness (QED) is 0.482. The number of rotatable bonds is 9. The maximum Gasteiger partial charge on any atom is 0.303 e. The van der Waals surface area contributed by atoms with Crippen molar-refractivity contribution in [1.29, 1.82) is 0 Å². The second-order valence-corrected chi connectivity index (χ2v) is 7.54. The number of aliphatic hydroxyl groups is 1. The van der Waals surface area contributed by atoms with Gasteiger partial charge in [0.15, 0.2) is 0 Å². The third-order valence-corrected chi connectivity index (χ3v) is 5.66. The highest BCUT2D eigenvalue weighted by atomic mass is 16.4. The van der Waals surface area contributed by atoms with E-state index in [-0.39, 0.29) is 24.4 Å². The third-order valence-electron chi connectivity index (χ3n) is 5.66. The van der Waals surface area contributed by atoms with Crippen LogP contribution >= 0.6 is 0 Å². The molecule has 4 nitrogen and oxygen atoms in total. The first kappa shape index (κ1) is 19.9. The van der Waals surface area contributed by atoms with Crippen molar-refractivity contribution in [2.75, 3.05) is 0 Å². The van der Waals surface area contributed by atoms with E-state index in [2.05, 4.69) is 6.08 Å². The van der Waals surface area contributed by atoms with Crippen LogP contribution in [0, 0.1) is 17.8 Å². The van der Waals surface area contributed by atoms with Gasteiger partial charge in [-0.05, 0) is 50.4 Å². The van der Waals surface area contributed by atoms with E-state index < -0.39 is 5.97 Å². The standard InChI is InChI=1S/C21H32O4/c22-19(17-8-4-3-5-9-17)14-12-16-13-15-20(23)18(16)10-6-1-2-7-11-21(24)25/h1,6,12,14,16-19,22H,2-5,7-11,13,15H2,(H,24,25). The molecule has 0 saturated heterocycles. The van der Waals surface area contributed by atoms with Crippen LogP contribution in [0.25, 0.3) is 0 Å². The van der Waals surface area contributed by atoms with Crippen LogP contribution in [0.1, 0.15) is 70.6 Å². The highest BCUT2D eigenvalue weighted by Crippen LogP contribution is 2.34. The van der Waals surface area contributed by atoms with Gasteiger partial charge in [0.05, 0.1) is 6.10 Å². The zero-order chi connectivity index (χ0) is 18.1. The molecule has 0 heterocycles. The van der Waals surface area contributed by atoms with Gasteiger partial charge in [0.2, 0.25) is 0 Å². The molecule has 2 saturated carbocycles. The van der Waals surface area contributed by atoms with Crippen LogP contribution in [0.15, 0.2) is 24.3 Å². The van der Waals surface area contributed by atoms with Crippen molar-refractivity contribution in [3.8, 4) is 0 Å². The van der Waals surface area contributed by atoms with E-state index in [4.69, 9.17) is 5.11 Å². The Balaban J connectivity index is 1.78. The lowest BCUT2D eigenvalue weighted by molar-refractivity contribution is -0.137. The Morgan fingerprint density at radius 1 is 1.16 bits per heavy atom. The number of Topliss-reactive ketones (excluding diaryl/α,β-unsaturated/α-hetero) is 1. The van der Waals surface area contributed by atoms with Crippen molar-refractivity contribution < 1.29 is 19.8 Å². The molecule has 0 bridgehead atoms. The summed E-state index contributed by atoms with van der Waals surface area (Å²) in [6, 6.07) is 0. The number of unbranched alkanes of at least 4 members (excludes halogenated alkanes) is 1. The number of aliphatic hydroxyl groups excluding tert-OH is 1. The van der Waals surface area contributed by atoms with E-state index in [1.165, 1.54) is 19.3 Å². The van der Waals surface area contributed by atoms with Gasteiger partial charge in [-0.25, -0.2) is 0 Å². The summed E-state index contributed by atoms with van der Waals surface area (Å²) in [5, 5.41) is 19.0. The zero-order valence-corrected chi connectivity index (χ0v) is 15.1. The molecule has 3 atom stereocenters. The van der Waals surface area contributed by atoms with E-state index in [0.29, 0.717) is 24.5 Å². The number of hydrogen-bond donors (Lipinski definition) is 2. The summed E-state index contributed by atoms with van der Waals surface area (Å²) >= 11 is 0. The van der Waals surface area contributed by atoms with Crippen LogP contribution in [0.3, 0.4) is 0 Å².